The average molecular weight is 1310 g/mol. The molecule has 0 bridgehead atoms. The second kappa shape index (κ2) is 54.5. The standard InChI is InChI=1S/C73H131NO18/c1-3-5-7-9-11-13-15-17-19-20-21-22-23-24-25-26-27-28-29-30-31-32-33-34-35-37-38-40-42-44-46-48-50-57(78)56(74-61(79)51-49-47-45-43-41-39-36-18-16-14-12-10-8-6-4-2)55-87-71-67(85)64(82)69(59(53-76)89-71)92-73-68(86)65(83)70(60(54-77)90-73)91-72-66(84)63(81)62(80)58(52-75)88-72/h6,8,12,14,18,36,41,43,47,49,56-60,62-73,75-78,80-86H,3-5,7,9-11,13,15-17,19-35,37-40,42,44-46,48,50-55H2,1-2H3,(H,74,79)/b8-6-,14-12-,36-18-,43-41-,49-47-. The second-order valence-electron chi connectivity index (χ2n) is 26.0. The number of rotatable bonds is 56. The summed E-state index contributed by atoms with van der Waals surface area (Å²) in [6.45, 7) is 1.63. The molecule has 0 saturated carbocycles. The van der Waals surface area contributed by atoms with Crippen molar-refractivity contribution in [2.75, 3.05) is 26.4 Å². The van der Waals surface area contributed by atoms with E-state index in [0.717, 1.165) is 44.9 Å². The molecule has 0 aliphatic carbocycles. The molecule has 17 unspecified atom stereocenters. The Bertz CT molecular complexity index is 1900. The molecule has 3 aliphatic rings. The van der Waals surface area contributed by atoms with Crippen molar-refractivity contribution in [3.8, 4) is 0 Å². The minimum absolute atomic E-state index is 0.0326. The van der Waals surface area contributed by atoms with Crippen LogP contribution in [0.1, 0.15) is 264 Å². The molecule has 0 aromatic rings. The van der Waals surface area contributed by atoms with Crippen LogP contribution in [0, 0.1) is 0 Å². The smallest absolute Gasteiger partial charge is 0.224 e. The molecule has 19 heteroatoms. The molecule has 3 rings (SSSR count). The van der Waals surface area contributed by atoms with Gasteiger partial charge in [0.1, 0.15) is 73.2 Å². The molecule has 19 nitrogen and oxygen atoms in total. The first kappa shape index (κ1) is 83.7. The Labute approximate surface area is 554 Å². The van der Waals surface area contributed by atoms with Crippen LogP contribution in [0.3, 0.4) is 0 Å². The summed E-state index contributed by atoms with van der Waals surface area (Å²) in [5, 5.41) is 121. The number of carbonyl (C=O) groups excluding carboxylic acids is 1. The van der Waals surface area contributed by atoms with Crippen molar-refractivity contribution < 1.29 is 89.4 Å². The molecule has 17 atom stereocenters. The third-order valence-electron chi connectivity index (χ3n) is 18.1. The molecule has 3 saturated heterocycles. The van der Waals surface area contributed by atoms with Gasteiger partial charge in [-0.15, -0.1) is 0 Å². The van der Waals surface area contributed by atoms with Gasteiger partial charge in [-0.05, 0) is 38.5 Å². The molecule has 0 aromatic carbocycles. The summed E-state index contributed by atoms with van der Waals surface area (Å²) in [5.41, 5.74) is 0. The molecular formula is C73H131NO18. The van der Waals surface area contributed by atoms with Crippen molar-refractivity contribution >= 4 is 5.91 Å². The molecule has 1 amide bonds. The minimum Gasteiger partial charge on any atom is -0.394 e. The van der Waals surface area contributed by atoms with Gasteiger partial charge in [0.25, 0.3) is 0 Å². The first-order valence-corrected chi connectivity index (χ1v) is 36.5. The fraction of sp³-hybridized carbons (Fsp3) is 0.849. The van der Waals surface area contributed by atoms with E-state index in [2.05, 4.69) is 61.7 Å². The van der Waals surface area contributed by atoms with E-state index >= 15 is 0 Å². The predicted octanol–water partition coefficient (Wildman–Crippen LogP) is 10.3. The zero-order chi connectivity index (χ0) is 66.8. The summed E-state index contributed by atoms with van der Waals surface area (Å²) in [7, 11) is 0. The molecule has 3 fully saturated rings. The number of hydrogen-bond donors (Lipinski definition) is 12. The number of nitrogens with one attached hydrogen (secondary N) is 1. The van der Waals surface area contributed by atoms with Gasteiger partial charge in [0, 0.05) is 6.42 Å². The maximum absolute atomic E-state index is 13.3. The number of allylic oxidation sites excluding steroid dienone is 9. The fourth-order valence-corrected chi connectivity index (χ4v) is 12.3. The van der Waals surface area contributed by atoms with Gasteiger partial charge in [-0.25, -0.2) is 0 Å². The lowest BCUT2D eigenvalue weighted by molar-refractivity contribution is -0.379. The van der Waals surface area contributed by atoms with Crippen molar-refractivity contribution in [2.24, 2.45) is 0 Å². The number of amides is 1. The van der Waals surface area contributed by atoms with E-state index in [4.69, 9.17) is 28.4 Å². The van der Waals surface area contributed by atoms with Crippen LogP contribution in [-0.4, -0.2) is 193 Å². The van der Waals surface area contributed by atoms with Crippen molar-refractivity contribution in [1.82, 2.24) is 5.32 Å². The number of aliphatic hydroxyl groups excluding tert-OH is 11. The van der Waals surface area contributed by atoms with E-state index in [1.54, 1.807) is 6.08 Å². The van der Waals surface area contributed by atoms with Gasteiger partial charge in [0.2, 0.25) is 5.91 Å². The monoisotopic (exact) mass is 1310 g/mol. The Morgan fingerprint density at radius 3 is 1.08 bits per heavy atom. The summed E-state index contributed by atoms with van der Waals surface area (Å²) in [6.07, 6.45) is 40.8. The van der Waals surface area contributed by atoms with E-state index < -0.39 is 124 Å². The third-order valence-corrected chi connectivity index (χ3v) is 18.1. The van der Waals surface area contributed by atoms with Gasteiger partial charge < -0.3 is 89.9 Å². The number of carbonyl (C=O) groups is 1. The van der Waals surface area contributed by atoms with Crippen molar-refractivity contribution in [1.29, 1.82) is 0 Å². The number of unbranched alkanes of at least 4 members (excludes halogenated alkanes) is 31. The van der Waals surface area contributed by atoms with Crippen LogP contribution in [0.5, 0.6) is 0 Å². The van der Waals surface area contributed by atoms with Gasteiger partial charge in [-0.2, -0.15) is 0 Å². The van der Waals surface area contributed by atoms with E-state index in [1.165, 1.54) is 180 Å². The third kappa shape index (κ3) is 35.7. The SMILES string of the molecule is CC/C=C\C/C=C\C/C=C\C/C=C\C/C=C\CC(=O)NC(COC1OC(CO)C(OC2OC(CO)C(OC3OC(CO)C(O)C(O)C3O)C(O)C2O)C(O)C1O)C(O)CCCCCCCCCCCCCCCCCCCCCCCCCCCCCCCCCC. The predicted molar refractivity (Wildman–Crippen MR) is 360 cm³/mol. The maximum atomic E-state index is 13.3. The summed E-state index contributed by atoms with van der Waals surface area (Å²) < 4.78 is 34.3. The topological polar surface area (TPSA) is 307 Å². The van der Waals surface area contributed by atoms with Crippen LogP contribution >= 0.6 is 0 Å². The minimum atomic E-state index is -1.98. The quantitative estimate of drug-likeness (QED) is 0.0199. The molecule has 3 aliphatic heterocycles. The summed E-state index contributed by atoms with van der Waals surface area (Å²) in [4.78, 5) is 13.3. The highest BCUT2D eigenvalue weighted by atomic mass is 16.8. The fourth-order valence-electron chi connectivity index (χ4n) is 12.3. The Balaban J connectivity index is 1.38. The lowest BCUT2D eigenvalue weighted by atomic mass is 9.96. The highest BCUT2D eigenvalue weighted by Crippen LogP contribution is 2.33. The van der Waals surface area contributed by atoms with Crippen molar-refractivity contribution in [3.05, 3.63) is 60.8 Å². The molecule has 536 valence electrons. The van der Waals surface area contributed by atoms with Crippen LogP contribution in [-0.2, 0) is 33.2 Å². The van der Waals surface area contributed by atoms with Crippen LogP contribution in [0.2, 0.25) is 0 Å². The first-order chi connectivity index (χ1) is 44.8. The highest BCUT2D eigenvalue weighted by molar-refractivity contribution is 5.77. The number of hydrogen-bond acceptors (Lipinski definition) is 18. The molecular weight excluding hydrogens is 1180 g/mol. The average Bonchev–Trinajstić information content (AvgIpc) is 0.837. The molecule has 0 spiro atoms. The van der Waals surface area contributed by atoms with Crippen LogP contribution < -0.4 is 5.32 Å². The first-order valence-electron chi connectivity index (χ1n) is 36.5. The Kier molecular flexibility index (Phi) is 49.6. The van der Waals surface area contributed by atoms with Crippen LogP contribution in [0.25, 0.3) is 0 Å². The van der Waals surface area contributed by atoms with E-state index in [0.29, 0.717) is 19.3 Å². The van der Waals surface area contributed by atoms with Gasteiger partial charge in [-0.3, -0.25) is 4.79 Å². The summed E-state index contributed by atoms with van der Waals surface area (Å²) in [5.74, 6) is -0.368. The summed E-state index contributed by atoms with van der Waals surface area (Å²) in [6, 6.07) is -0.945. The number of ether oxygens (including phenoxy) is 6. The van der Waals surface area contributed by atoms with E-state index in [1.807, 2.05) is 12.2 Å². The molecule has 3 heterocycles. The van der Waals surface area contributed by atoms with Gasteiger partial charge in [0.15, 0.2) is 18.9 Å². The maximum Gasteiger partial charge on any atom is 0.224 e. The van der Waals surface area contributed by atoms with Gasteiger partial charge in [0.05, 0.1) is 38.6 Å². The normalized spacial score (nSPS) is 28.0. The Morgan fingerprint density at radius 1 is 0.391 bits per heavy atom. The molecule has 92 heavy (non-hydrogen) atoms. The van der Waals surface area contributed by atoms with Gasteiger partial charge >= 0.3 is 0 Å². The Hall–Kier alpha value is -2.51. The van der Waals surface area contributed by atoms with Crippen LogP contribution in [0.4, 0.5) is 0 Å². The molecule has 12 N–H and O–H groups in total. The zero-order valence-corrected chi connectivity index (χ0v) is 56.8. The number of aliphatic hydroxyl groups is 11. The summed E-state index contributed by atoms with van der Waals surface area (Å²) >= 11 is 0. The molecule has 0 radical (unpaired) electrons. The lowest BCUT2D eigenvalue weighted by Crippen LogP contribution is -2.66. The second-order valence-corrected chi connectivity index (χ2v) is 26.0. The highest BCUT2D eigenvalue weighted by Gasteiger charge is 2.53. The Morgan fingerprint density at radius 2 is 0.707 bits per heavy atom. The molecule has 0 aromatic heterocycles. The van der Waals surface area contributed by atoms with Crippen LogP contribution in [0.15, 0.2) is 60.8 Å². The van der Waals surface area contributed by atoms with E-state index in [-0.39, 0.29) is 18.9 Å². The zero-order valence-electron chi connectivity index (χ0n) is 56.8. The van der Waals surface area contributed by atoms with Crippen molar-refractivity contribution in [2.45, 2.75) is 369 Å². The van der Waals surface area contributed by atoms with E-state index in [9.17, 15) is 61.0 Å². The van der Waals surface area contributed by atoms with Crippen molar-refractivity contribution in [3.63, 3.8) is 0 Å². The van der Waals surface area contributed by atoms with Gasteiger partial charge in [-0.1, -0.05) is 280 Å². The lowest BCUT2D eigenvalue weighted by Gasteiger charge is -2.48. The largest absolute Gasteiger partial charge is 0.394 e.